The molecule has 23 heavy (non-hydrogen) atoms. The molecule has 0 N–H and O–H groups in total. The van der Waals surface area contributed by atoms with Gasteiger partial charge in [-0.2, -0.15) is 4.57 Å². The lowest BCUT2D eigenvalue weighted by atomic mass is 9.93. The minimum absolute atomic E-state index is 0.0618. The molecule has 0 saturated carbocycles. The molecule has 1 aliphatic rings. The van der Waals surface area contributed by atoms with Gasteiger partial charge in [0.1, 0.15) is 0 Å². The predicted molar refractivity (Wildman–Crippen MR) is 87.2 cm³/mol. The summed E-state index contributed by atoms with van der Waals surface area (Å²) in [5.74, 6) is 1.27. The van der Waals surface area contributed by atoms with Gasteiger partial charge in [-0.25, -0.2) is 0 Å². The minimum Gasteiger partial charge on any atom is -0.493 e. The Bertz CT molecular complexity index is 725. The first kappa shape index (κ1) is 15.5. The second kappa shape index (κ2) is 6.82. The molecule has 0 spiro atoms. The molecule has 4 nitrogen and oxygen atoms in total. The average Bonchev–Trinajstić information content (AvgIpc) is 2.60. The number of hydrogen-bond acceptors (Lipinski definition) is 3. The van der Waals surface area contributed by atoms with Gasteiger partial charge in [0, 0.05) is 17.2 Å². The Morgan fingerprint density at radius 2 is 1.78 bits per heavy atom. The number of ether oxygens (including phenoxy) is 2. The third-order valence-corrected chi connectivity index (χ3v) is 4.38. The van der Waals surface area contributed by atoms with Crippen molar-refractivity contribution in [1.29, 1.82) is 0 Å². The van der Waals surface area contributed by atoms with Crippen molar-refractivity contribution in [2.45, 2.75) is 32.2 Å². The molecule has 4 heteroatoms. The third kappa shape index (κ3) is 3.36. The number of carbonyl (C=O) groups excluding carboxylic acids is 1. The molecule has 0 unspecified atom stereocenters. The van der Waals surface area contributed by atoms with Crippen LogP contribution in [0.5, 0.6) is 11.5 Å². The molecular formula is C19H22NO3+. The summed E-state index contributed by atoms with van der Waals surface area (Å²) < 4.78 is 12.5. The van der Waals surface area contributed by atoms with Crippen LogP contribution < -0.4 is 14.0 Å². The van der Waals surface area contributed by atoms with E-state index in [0.717, 1.165) is 12.8 Å². The number of pyridine rings is 1. The smallest absolute Gasteiger partial charge is 0.227 e. The maximum absolute atomic E-state index is 12.5. The fourth-order valence-electron chi connectivity index (χ4n) is 3.08. The van der Waals surface area contributed by atoms with Crippen molar-refractivity contribution < 1.29 is 18.8 Å². The highest BCUT2D eigenvalue weighted by molar-refractivity contribution is 5.95. The van der Waals surface area contributed by atoms with Gasteiger partial charge in [0.05, 0.1) is 14.2 Å². The zero-order valence-electron chi connectivity index (χ0n) is 13.7. The maximum Gasteiger partial charge on any atom is 0.227 e. The van der Waals surface area contributed by atoms with E-state index in [0.29, 0.717) is 23.6 Å². The standard InChI is InChI=1S/C19H22NO3/c1-22-18-8-7-15(11-19(18)23-2)17(21)13-20-10-9-14-5-3-4-6-16(14)12-20/h7-12H,3-6,13H2,1-2H3/q+1. The Hall–Kier alpha value is -2.36. The first-order valence-corrected chi connectivity index (χ1v) is 7.97. The molecule has 0 fully saturated rings. The second-order valence-corrected chi connectivity index (χ2v) is 5.87. The lowest BCUT2D eigenvalue weighted by Gasteiger charge is -2.13. The van der Waals surface area contributed by atoms with Gasteiger partial charge >= 0.3 is 0 Å². The summed E-state index contributed by atoms with van der Waals surface area (Å²) >= 11 is 0. The Morgan fingerprint density at radius 1 is 1.04 bits per heavy atom. The van der Waals surface area contributed by atoms with Crippen LogP contribution in [0.4, 0.5) is 0 Å². The molecule has 1 aromatic carbocycles. The SMILES string of the molecule is COc1ccc(C(=O)C[n+]2ccc3c(c2)CCCC3)cc1OC. The molecule has 0 radical (unpaired) electrons. The fraction of sp³-hybridized carbons (Fsp3) is 0.368. The van der Waals surface area contributed by atoms with E-state index in [2.05, 4.69) is 12.3 Å². The Balaban J connectivity index is 1.79. The summed E-state index contributed by atoms with van der Waals surface area (Å²) in [7, 11) is 3.16. The molecule has 0 bridgehead atoms. The van der Waals surface area contributed by atoms with Gasteiger partial charge in [0.15, 0.2) is 23.9 Å². The Kier molecular flexibility index (Phi) is 4.60. The molecule has 0 amide bonds. The summed E-state index contributed by atoms with van der Waals surface area (Å²) in [6.45, 7) is 0.336. The van der Waals surface area contributed by atoms with Crippen LogP contribution in [0.2, 0.25) is 0 Å². The molecule has 1 heterocycles. The fourth-order valence-corrected chi connectivity index (χ4v) is 3.08. The summed E-state index contributed by atoms with van der Waals surface area (Å²) in [6.07, 6.45) is 8.89. The number of benzene rings is 1. The van der Waals surface area contributed by atoms with Crippen LogP contribution in [0.3, 0.4) is 0 Å². The molecule has 0 atom stereocenters. The van der Waals surface area contributed by atoms with Crippen molar-refractivity contribution in [2.24, 2.45) is 0 Å². The van der Waals surface area contributed by atoms with Gasteiger partial charge in [0.25, 0.3) is 0 Å². The average molecular weight is 312 g/mol. The zero-order valence-corrected chi connectivity index (χ0v) is 13.7. The van der Waals surface area contributed by atoms with Crippen LogP contribution in [0.25, 0.3) is 0 Å². The zero-order chi connectivity index (χ0) is 16.2. The van der Waals surface area contributed by atoms with E-state index in [4.69, 9.17) is 9.47 Å². The van der Waals surface area contributed by atoms with E-state index in [1.165, 1.54) is 24.0 Å². The van der Waals surface area contributed by atoms with Crippen molar-refractivity contribution in [3.05, 3.63) is 53.3 Å². The highest BCUT2D eigenvalue weighted by Crippen LogP contribution is 2.27. The van der Waals surface area contributed by atoms with Crippen molar-refractivity contribution in [1.82, 2.24) is 0 Å². The molecular weight excluding hydrogens is 290 g/mol. The van der Waals surface area contributed by atoms with Crippen LogP contribution in [-0.4, -0.2) is 20.0 Å². The van der Waals surface area contributed by atoms with Crippen LogP contribution in [-0.2, 0) is 19.4 Å². The number of nitrogens with zero attached hydrogens (tertiary/aromatic N) is 1. The summed E-state index contributed by atoms with van der Waals surface area (Å²) in [5.41, 5.74) is 3.43. The first-order valence-electron chi connectivity index (χ1n) is 7.97. The van der Waals surface area contributed by atoms with Gasteiger partial charge in [-0.15, -0.1) is 0 Å². The highest BCUT2D eigenvalue weighted by atomic mass is 16.5. The third-order valence-electron chi connectivity index (χ3n) is 4.38. The number of aryl methyl sites for hydroxylation is 2. The van der Waals surface area contributed by atoms with Gasteiger partial charge in [-0.1, -0.05) is 0 Å². The van der Waals surface area contributed by atoms with Gasteiger partial charge in [-0.05, 0) is 49.4 Å². The van der Waals surface area contributed by atoms with Crippen molar-refractivity contribution in [2.75, 3.05) is 14.2 Å². The maximum atomic E-state index is 12.5. The normalized spacial score (nSPS) is 13.3. The van der Waals surface area contributed by atoms with Crippen LogP contribution >= 0.6 is 0 Å². The summed E-state index contributed by atoms with van der Waals surface area (Å²) in [4.78, 5) is 12.5. The summed E-state index contributed by atoms with van der Waals surface area (Å²) in [6, 6.07) is 7.43. The van der Waals surface area contributed by atoms with E-state index < -0.39 is 0 Å². The number of methoxy groups -OCH3 is 2. The molecule has 2 aromatic rings. The Labute approximate surface area is 136 Å². The summed E-state index contributed by atoms with van der Waals surface area (Å²) in [5, 5.41) is 0. The number of rotatable bonds is 5. The van der Waals surface area contributed by atoms with E-state index in [-0.39, 0.29) is 5.78 Å². The Morgan fingerprint density at radius 3 is 2.52 bits per heavy atom. The van der Waals surface area contributed by atoms with Crippen LogP contribution in [0.15, 0.2) is 36.7 Å². The number of aromatic nitrogens is 1. The van der Waals surface area contributed by atoms with Crippen molar-refractivity contribution >= 4 is 5.78 Å². The van der Waals surface area contributed by atoms with Gasteiger partial charge in [-0.3, -0.25) is 4.79 Å². The van der Waals surface area contributed by atoms with E-state index in [9.17, 15) is 4.79 Å². The lowest BCUT2D eigenvalue weighted by Crippen LogP contribution is -2.38. The van der Waals surface area contributed by atoms with E-state index in [1.54, 1.807) is 32.4 Å². The lowest BCUT2D eigenvalue weighted by molar-refractivity contribution is -0.683. The largest absolute Gasteiger partial charge is 0.493 e. The van der Waals surface area contributed by atoms with Crippen molar-refractivity contribution in [3.8, 4) is 11.5 Å². The van der Waals surface area contributed by atoms with Gasteiger partial charge in [0.2, 0.25) is 12.3 Å². The molecule has 3 rings (SSSR count). The molecule has 0 saturated heterocycles. The van der Waals surface area contributed by atoms with E-state index >= 15 is 0 Å². The number of hydrogen-bond donors (Lipinski definition) is 0. The predicted octanol–water partition coefficient (Wildman–Crippen LogP) is 2.75. The van der Waals surface area contributed by atoms with E-state index in [1.807, 2.05) is 10.8 Å². The number of carbonyl (C=O) groups is 1. The number of fused-ring (bicyclic) bond motifs is 1. The first-order chi connectivity index (χ1) is 11.2. The van der Waals surface area contributed by atoms with Gasteiger partial charge < -0.3 is 9.47 Å². The molecule has 120 valence electrons. The second-order valence-electron chi connectivity index (χ2n) is 5.87. The molecule has 0 aliphatic heterocycles. The topological polar surface area (TPSA) is 39.4 Å². The minimum atomic E-state index is 0.0618. The monoisotopic (exact) mass is 312 g/mol. The van der Waals surface area contributed by atoms with Crippen LogP contribution in [0, 0.1) is 0 Å². The molecule has 1 aromatic heterocycles. The highest BCUT2D eigenvalue weighted by Gasteiger charge is 2.18. The van der Waals surface area contributed by atoms with Crippen molar-refractivity contribution in [3.63, 3.8) is 0 Å². The number of Topliss-reactive ketones (excluding diaryl/α,β-unsaturated/α-hetero) is 1. The van der Waals surface area contributed by atoms with Crippen LogP contribution in [0.1, 0.15) is 34.3 Å². The quantitative estimate of drug-likeness (QED) is 0.629. The molecule has 1 aliphatic carbocycles. The number of ketones is 1.